The lowest BCUT2D eigenvalue weighted by Crippen LogP contribution is -2.23. The summed E-state index contributed by atoms with van der Waals surface area (Å²) < 4.78 is 23.7. The van der Waals surface area contributed by atoms with Gasteiger partial charge in [0.05, 0.1) is 43.2 Å². The first-order chi connectivity index (χ1) is 15.0. The Labute approximate surface area is 183 Å². The van der Waals surface area contributed by atoms with Crippen LogP contribution in [0.25, 0.3) is 10.2 Å². The van der Waals surface area contributed by atoms with Gasteiger partial charge in [0.1, 0.15) is 23.8 Å². The zero-order valence-electron chi connectivity index (χ0n) is 17.8. The first kappa shape index (κ1) is 22.4. The predicted molar refractivity (Wildman–Crippen MR) is 117 cm³/mol. The summed E-state index contributed by atoms with van der Waals surface area (Å²) in [5, 5.41) is 0. The minimum absolute atomic E-state index is 0.0618. The summed E-state index contributed by atoms with van der Waals surface area (Å²) in [7, 11) is 3.01. The predicted octanol–water partition coefficient (Wildman–Crippen LogP) is 3.42. The van der Waals surface area contributed by atoms with Crippen LogP contribution in [0.1, 0.15) is 24.2 Å². The van der Waals surface area contributed by atoms with E-state index < -0.39 is 11.9 Å². The van der Waals surface area contributed by atoms with E-state index in [4.69, 9.17) is 18.9 Å². The number of fused-ring (bicyclic) bond motifs is 1. The maximum Gasteiger partial charge on any atom is 0.326 e. The highest BCUT2D eigenvalue weighted by atomic mass is 32.1. The van der Waals surface area contributed by atoms with Crippen molar-refractivity contribution in [2.45, 2.75) is 20.4 Å². The molecule has 0 unspecified atom stereocenters. The minimum atomic E-state index is -0.492. The molecule has 0 aliphatic heterocycles. The number of amides is 1. The monoisotopic (exact) mass is 444 g/mol. The van der Waals surface area contributed by atoms with Crippen LogP contribution in [-0.4, -0.2) is 43.9 Å². The van der Waals surface area contributed by atoms with Gasteiger partial charge in [-0.05, 0) is 44.2 Å². The number of aromatic nitrogens is 1. The number of hydrogen-bond acceptors (Lipinski definition) is 7. The van der Waals surface area contributed by atoms with Crippen molar-refractivity contribution in [1.82, 2.24) is 4.57 Å². The standard InChI is InChI=1S/C22H24N2O6S/c1-5-29-15-8-10-17-19(12-15)31-22(24(17)13-20(25)30-6-2)23-21(26)16-9-7-14(27-3)11-18(16)28-4/h7-12H,5-6,13H2,1-4H3. The molecule has 31 heavy (non-hydrogen) atoms. The largest absolute Gasteiger partial charge is 0.497 e. The lowest BCUT2D eigenvalue weighted by molar-refractivity contribution is -0.143. The van der Waals surface area contributed by atoms with E-state index >= 15 is 0 Å². The van der Waals surface area contributed by atoms with Crippen LogP contribution in [0.4, 0.5) is 0 Å². The van der Waals surface area contributed by atoms with E-state index in [1.807, 2.05) is 25.1 Å². The lowest BCUT2D eigenvalue weighted by atomic mass is 10.2. The molecule has 3 aromatic rings. The molecule has 0 saturated heterocycles. The van der Waals surface area contributed by atoms with Crippen LogP contribution in [0, 0.1) is 0 Å². The molecule has 0 radical (unpaired) electrons. The first-order valence-electron chi connectivity index (χ1n) is 9.73. The molecule has 0 saturated carbocycles. The van der Waals surface area contributed by atoms with Crippen molar-refractivity contribution in [3.05, 3.63) is 46.8 Å². The van der Waals surface area contributed by atoms with Gasteiger partial charge in [-0.1, -0.05) is 11.3 Å². The number of benzene rings is 2. The Kier molecular flexibility index (Phi) is 7.30. The Morgan fingerprint density at radius 3 is 2.45 bits per heavy atom. The average molecular weight is 445 g/mol. The molecule has 3 rings (SSSR count). The molecular weight excluding hydrogens is 420 g/mol. The molecule has 0 fully saturated rings. The van der Waals surface area contributed by atoms with Crippen molar-refractivity contribution in [3.8, 4) is 17.2 Å². The van der Waals surface area contributed by atoms with Crippen LogP contribution < -0.4 is 19.0 Å². The zero-order chi connectivity index (χ0) is 22.4. The molecule has 164 valence electrons. The first-order valence-corrected chi connectivity index (χ1v) is 10.5. The Balaban J connectivity index is 2.11. The highest BCUT2D eigenvalue weighted by Gasteiger charge is 2.16. The smallest absolute Gasteiger partial charge is 0.326 e. The molecule has 9 heteroatoms. The topological polar surface area (TPSA) is 88.4 Å². The van der Waals surface area contributed by atoms with Crippen molar-refractivity contribution in [2.24, 2.45) is 4.99 Å². The number of hydrogen-bond donors (Lipinski definition) is 0. The number of methoxy groups -OCH3 is 2. The number of esters is 1. The summed E-state index contributed by atoms with van der Waals surface area (Å²) in [6.45, 7) is 4.39. The number of rotatable bonds is 8. The molecule has 2 aromatic carbocycles. The van der Waals surface area contributed by atoms with Gasteiger partial charge in [-0.2, -0.15) is 4.99 Å². The lowest BCUT2D eigenvalue weighted by Gasteiger charge is -2.08. The molecule has 0 aliphatic carbocycles. The second-order valence-corrected chi connectivity index (χ2v) is 7.33. The van der Waals surface area contributed by atoms with Crippen LogP contribution in [0.5, 0.6) is 17.2 Å². The molecule has 1 heterocycles. The van der Waals surface area contributed by atoms with Crippen LogP contribution in [0.15, 0.2) is 41.4 Å². The number of carbonyl (C=O) groups excluding carboxylic acids is 2. The molecule has 0 aliphatic rings. The van der Waals surface area contributed by atoms with Crippen LogP contribution in [0.3, 0.4) is 0 Å². The highest BCUT2D eigenvalue weighted by Crippen LogP contribution is 2.26. The summed E-state index contributed by atoms with van der Waals surface area (Å²) in [5.41, 5.74) is 1.05. The number of thiazole rings is 1. The van der Waals surface area contributed by atoms with Crippen molar-refractivity contribution < 1.29 is 28.5 Å². The number of carbonyl (C=O) groups is 2. The number of ether oxygens (including phenoxy) is 4. The van der Waals surface area contributed by atoms with Crippen LogP contribution in [0.2, 0.25) is 0 Å². The Morgan fingerprint density at radius 2 is 1.77 bits per heavy atom. The van der Waals surface area contributed by atoms with E-state index in [1.165, 1.54) is 25.6 Å². The van der Waals surface area contributed by atoms with Crippen LogP contribution in [-0.2, 0) is 16.1 Å². The van der Waals surface area contributed by atoms with Crippen molar-refractivity contribution in [3.63, 3.8) is 0 Å². The van der Waals surface area contributed by atoms with Crippen molar-refractivity contribution >= 4 is 33.4 Å². The van der Waals surface area contributed by atoms with Gasteiger partial charge >= 0.3 is 5.97 Å². The quantitative estimate of drug-likeness (QED) is 0.495. The zero-order valence-corrected chi connectivity index (χ0v) is 18.7. The van der Waals surface area contributed by atoms with E-state index in [9.17, 15) is 9.59 Å². The van der Waals surface area contributed by atoms with Gasteiger partial charge in [-0.25, -0.2) is 0 Å². The van der Waals surface area contributed by atoms with Gasteiger partial charge in [-0.3, -0.25) is 9.59 Å². The van der Waals surface area contributed by atoms with Crippen LogP contribution >= 0.6 is 11.3 Å². The molecule has 0 N–H and O–H groups in total. The summed E-state index contributed by atoms with van der Waals surface area (Å²) in [4.78, 5) is 29.8. The average Bonchev–Trinajstić information content (AvgIpc) is 3.09. The summed E-state index contributed by atoms with van der Waals surface area (Å²) >= 11 is 1.29. The molecule has 1 aromatic heterocycles. The molecule has 0 bridgehead atoms. The maximum atomic E-state index is 13.0. The summed E-state index contributed by atoms with van der Waals surface area (Å²) in [5.74, 6) is 0.718. The normalized spacial score (nSPS) is 11.4. The molecule has 0 atom stereocenters. The van der Waals surface area contributed by atoms with E-state index in [2.05, 4.69) is 4.99 Å². The maximum absolute atomic E-state index is 13.0. The molecular formula is C22H24N2O6S. The Bertz CT molecular complexity index is 1160. The minimum Gasteiger partial charge on any atom is -0.497 e. The van der Waals surface area contributed by atoms with Gasteiger partial charge < -0.3 is 23.5 Å². The van der Waals surface area contributed by atoms with Crippen molar-refractivity contribution in [2.75, 3.05) is 27.4 Å². The fraction of sp³-hybridized carbons (Fsp3) is 0.318. The molecule has 0 spiro atoms. The summed E-state index contributed by atoms with van der Waals surface area (Å²) in [6.07, 6.45) is 0. The van der Waals surface area contributed by atoms with Crippen molar-refractivity contribution in [1.29, 1.82) is 0 Å². The van der Waals surface area contributed by atoms with E-state index in [0.717, 1.165) is 10.2 Å². The summed E-state index contributed by atoms with van der Waals surface area (Å²) in [6, 6.07) is 10.4. The Morgan fingerprint density at radius 1 is 1.00 bits per heavy atom. The Hall–Kier alpha value is -3.33. The van der Waals surface area contributed by atoms with E-state index in [0.29, 0.717) is 34.2 Å². The molecule has 8 nitrogen and oxygen atoms in total. The second-order valence-electron chi connectivity index (χ2n) is 6.32. The van der Waals surface area contributed by atoms with Gasteiger partial charge in [0.2, 0.25) is 0 Å². The van der Waals surface area contributed by atoms with Gasteiger partial charge in [-0.15, -0.1) is 0 Å². The fourth-order valence-electron chi connectivity index (χ4n) is 3.01. The van der Waals surface area contributed by atoms with E-state index in [-0.39, 0.29) is 13.2 Å². The van der Waals surface area contributed by atoms with Gasteiger partial charge in [0.25, 0.3) is 5.91 Å². The second kappa shape index (κ2) is 10.1. The number of nitrogens with zero attached hydrogens (tertiary/aromatic N) is 2. The third-order valence-electron chi connectivity index (χ3n) is 4.39. The van der Waals surface area contributed by atoms with E-state index in [1.54, 1.807) is 29.7 Å². The third-order valence-corrected chi connectivity index (χ3v) is 5.44. The SMILES string of the molecule is CCOC(=O)Cn1c(=NC(=O)c2ccc(OC)cc2OC)sc2cc(OCC)ccc21. The van der Waals surface area contributed by atoms with Gasteiger partial charge in [0.15, 0.2) is 4.80 Å². The third kappa shape index (κ3) is 5.05. The highest BCUT2D eigenvalue weighted by molar-refractivity contribution is 7.16. The fourth-order valence-corrected chi connectivity index (χ4v) is 4.06. The molecule has 1 amide bonds. The van der Waals surface area contributed by atoms with Gasteiger partial charge in [0, 0.05) is 6.07 Å².